The Kier molecular flexibility index (Phi) is 8.80. The van der Waals surface area contributed by atoms with Crippen LogP contribution in [0.15, 0.2) is 23.2 Å². The number of benzene rings is 1. The van der Waals surface area contributed by atoms with Gasteiger partial charge in [0, 0.05) is 46.9 Å². The lowest BCUT2D eigenvalue weighted by Crippen LogP contribution is -2.49. The quantitative estimate of drug-likeness (QED) is 0.496. The van der Waals surface area contributed by atoms with Crippen LogP contribution in [0.25, 0.3) is 0 Å². The molecule has 1 aromatic carbocycles. The molecule has 2 rings (SSSR count). The first-order valence-electron chi connectivity index (χ1n) is 10.4. The highest BCUT2D eigenvalue weighted by Gasteiger charge is 2.27. The highest BCUT2D eigenvalue weighted by atomic mass is 32.2. The third-order valence-corrected chi connectivity index (χ3v) is 7.45. The molecule has 0 spiro atoms. The summed E-state index contributed by atoms with van der Waals surface area (Å²) in [6.45, 7) is 7.11. The molecule has 0 saturated heterocycles. The fraction of sp³-hybridized carbons (Fsp3) is 0.682. The molecule has 0 amide bonds. The van der Waals surface area contributed by atoms with E-state index in [-0.39, 0.29) is 5.41 Å². The Morgan fingerprint density at radius 2 is 1.97 bits per heavy atom. The molecular weight excluding hydrogens is 386 g/mol. The Morgan fingerprint density at radius 3 is 2.59 bits per heavy atom. The molecule has 0 aromatic heterocycles. The molecule has 7 heteroatoms. The van der Waals surface area contributed by atoms with E-state index < -0.39 is 10.8 Å². The van der Waals surface area contributed by atoms with Gasteiger partial charge in [0.25, 0.3) is 0 Å². The maximum absolute atomic E-state index is 12.2. The van der Waals surface area contributed by atoms with Gasteiger partial charge in [0.05, 0.1) is 14.2 Å². The summed E-state index contributed by atoms with van der Waals surface area (Å²) >= 11 is 0. The molecule has 1 saturated carbocycles. The van der Waals surface area contributed by atoms with Crippen LogP contribution in [0.2, 0.25) is 0 Å². The number of aliphatic imine (C=N–C) groups is 1. The minimum atomic E-state index is -0.722. The maximum atomic E-state index is 12.2. The van der Waals surface area contributed by atoms with Crippen LogP contribution in [-0.2, 0) is 16.2 Å². The third-order valence-electron chi connectivity index (χ3n) is 5.71. The van der Waals surface area contributed by atoms with E-state index in [0.29, 0.717) is 11.3 Å². The van der Waals surface area contributed by atoms with Gasteiger partial charge >= 0.3 is 0 Å². The Hall–Kier alpha value is -1.76. The molecule has 3 atom stereocenters. The van der Waals surface area contributed by atoms with E-state index in [0.717, 1.165) is 61.0 Å². The predicted octanol–water partition coefficient (Wildman–Crippen LogP) is 3.23. The Morgan fingerprint density at radius 1 is 1.24 bits per heavy atom. The second-order valence-corrected chi connectivity index (χ2v) is 10.2. The molecule has 0 bridgehead atoms. The molecule has 0 heterocycles. The number of hydrogen-bond acceptors (Lipinski definition) is 4. The molecule has 0 aliphatic heterocycles. The van der Waals surface area contributed by atoms with Gasteiger partial charge in [-0.05, 0) is 37.0 Å². The number of nitrogens with zero attached hydrogens (tertiary/aromatic N) is 1. The van der Waals surface area contributed by atoms with Crippen molar-refractivity contribution in [3.63, 3.8) is 0 Å². The normalized spacial score (nSPS) is 21.4. The first kappa shape index (κ1) is 23.5. The molecule has 1 aromatic rings. The Balaban J connectivity index is 1.98. The van der Waals surface area contributed by atoms with Gasteiger partial charge in [-0.15, -0.1) is 0 Å². The summed E-state index contributed by atoms with van der Waals surface area (Å²) in [5.41, 5.74) is 1.03. The fourth-order valence-electron chi connectivity index (χ4n) is 3.80. The minimum Gasteiger partial charge on any atom is -0.493 e. The Bertz CT molecular complexity index is 721. The van der Waals surface area contributed by atoms with Crippen LogP contribution >= 0.6 is 0 Å². The van der Waals surface area contributed by atoms with Crippen LogP contribution in [-0.4, -0.2) is 55.0 Å². The van der Waals surface area contributed by atoms with E-state index in [1.54, 1.807) is 21.3 Å². The summed E-state index contributed by atoms with van der Waals surface area (Å²) in [4.78, 5) is 4.40. The van der Waals surface area contributed by atoms with Crippen molar-refractivity contribution in [1.82, 2.24) is 10.6 Å². The van der Waals surface area contributed by atoms with E-state index in [1.165, 1.54) is 0 Å². The van der Waals surface area contributed by atoms with Gasteiger partial charge in [-0.3, -0.25) is 9.20 Å². The predicted molar refractivity (Wildman–Crippen MR) is 122 cm³/mol. The number of rotatable bonds is 8. The highest BCUT2D eigenvalue weighted by molar-refractivity contribution is 7.85. The Labute approximate surface area is 178 Å². The molecule has 1 aliphatic carbocycles. The second-order valence-electron chi connectivity index (χ2n) is 8.18. The van der Waals surface area contributed by atoms with Crippen molar-refractivity contribution in [2.75, 3.05) is 33.6 Å². The maximum Gasteiger partial charge on any atom is 0.191 e. The first-order chi connectivity index (χ1) is 13.8. The molecule has 3 unspecified atom stereocenters. The van der Waals surface area contributed by atoms with Gasteiger partial charge in [0.1, 0.15) is 0 Å². The summed E-state index contributed by atoms with van der Waals surface area (Å²) in [6.07, 6.45) is 4.22. The van der Waals surface area contributed by atoms with Crippen molar-refractivity contribution in [2.24, 2.45) is 4.99 Å². The molecule has 2 N–H and O–H groups in total. The van der Waals surface area contributed by atoms with Gasteiger partial charge in [0.15, 0.2) is 17.5 Å². The van der Waals surface area contributed by atoms with Crippen LogP contribution in [0, 0.1) is 0 Å². The number of nitrogens with one attached hydrogen (secondary N) is 2. The van der Waals surface area contributed by atoms with Gasteiger partial charge in [-0.1, -0.05) is 33.3 Å². The molecule has 164 valence electrons. The van der Waals surface area contributed by atoms with Gasteiger partial charge < -0.3 is 20.1 Å². The molecule has 0 radical (unpaired) electrons. The number of ether oxygens (including phenoxy) is 2. The monoisotopic (exact) mass is 423 g/mol. The summed E-state index contributed by atoms with van der Waals surface area (Å²) in [5, 5.41) is 7.31. The average Bonchev–Trinajstić information content (AvgIpc) is 2.75. The van der Waals surface area contributed by atoms with Crippen molar-refractivity contribution in [1.29, 1.82) is 0 Å². The smallest absolute Gasteiger partial charge is 0.191 e. The zero-order valence-electron chi connectivity index (χ0n) is 18.7. The van der Waals surface area contributed by atoms with Crippen molar-refractivity contribution in [2.45, 2.75) is 63.2 Å². The zero-order valence-corrected chi connectivity index (χ0v) is 19.5. The first-order valence-corrected chi connectivity index (χ1v) is 11.8. The van der Waals surface area contributed by atoms with E-state index in [4.69, 9.17) is 9.47 Å². The fourth-order valence-corrected chi connectivity index (χ4v) is 5.15. The second kappa shape index (κ2) is 10.9. The van der Waals surface area contributed by atoms with Crippen LogP contribution < -0.4 is 20.1 Å². The lowest BCUT2D eigenvalue weighted by atomic mass is 9.84. The van der Waals surface area contributed by atoms with Crippen LogP contribution in [0.5, 0.6) is 11.5 Å². The number of methoxy groups -OCH3 is 2. The molecular formula is C22H37N3O3S. The standard InChI is InChI=1S/C22H37N3O3S/c1-7-29(26)18-10-8-9-17(14-18)25-21(23-4)24-15-22(2,3)16-11-12-19(27-5)20(13-16)28-6/h11-13,17-18H,7-10,14-15H2,1-6H3,(H2,23,24,25). The van der Waals surface area contributed by atoms with Gasteiger partial charge in [0.2, 0.25) is 0 Å². The third kappa shape index (κ3) is 6.36. The summed E-state index contributed by atoms with van der Waals surface area (Å²) in [7, 11) is 4.37. The SMILES string of the molecule is CCS(=O)C1CCCC(NC(=NC)NCC(C)(C)c2ccc(OC)c(OC)c2)C1. The topological polar surface area (TPSA) is 72.0 Å². The van der Waals surface area contributed by atoms with Crippen LogP contribution in [0.4, 0.5) is 0 Å². The zero-order chi connectivity index (χ0) is 21.4. The van der Waals surface area contributed by atoms with E-state index in [2.05, 4.69) is 35.5 Å². The van der Waals surface area contributed by atoms with Crippen molar-refractivity contribution in [3.8, 4) is 11.5 Å². The van der Waals surface area contributed by atoms with Crippen molar-refractivity contribution in [3.05, 3.63) is 23.8 Å². The average molecular weight is 424 g/mol. The highest BCUT2D eigenvalue weighted by Crippen LogP contribution is 2.33. The van der Waals surface area contributed by atoms with E-state index in [9.17, 15) is 4.21 Å². The summed E-state index contributed by atoms with van der Waals surface area (Å²) in [6, 6.07) is 6.37. The largest absolute Gasteiger partial charge is 0.493 e. The van der Waals surface area contributed by atoms with Gasteiger partial charge in [-0.25, -0.2) is 0 Å². The van der Waals surface area contributed by atoms with Gasteiger partial charge in [-0.2, -0.15) is 0 Å². The molecule has 29 heavy (non-hydrogen) atoms. The number of hydrogen-bond donors (Lipinski definition) is 2. The van der Waals surface area contributed by atoms with Crippen LogP contribution in [0.1, 0.15) is 52.0 Å². The van der Waals surface area contributed by atoms with E-state index >= 15 is 0 Å². The molecule has 1 fully saturated rings. The summed E-state index contributed by atoms with van der Waals surface area (Å²) < 4.78 is 23.0. The molecule has 1 aliphatic rings. The lowest BCUT2D eigenvalue weighted by molar-refractivity contribution is 0.353. The number of guanidine groups is 1. The minimum absolute atomic E-state index is 0.129. The molecule has 6 nitrogen and oxygen atoms in total. The van der Waals surface area contributed by atoms with Crippen molar-refractivity contribution >= 4 is 16.8 Å². The van der Waals surface area contributed by atoms with Crippen molar-refractivity contribution < 1.29 is 13.7 Å². The summed E-state index contributed by atoms with van der Waals surface area (Å²) in [5.74, 6) is 3.00. The lowest BCUT2D eigenvalue weighted by Gasteiger charge is -2.32. The van der Waals surface area contributed by atoms with E-state index in [1.807, 2.05) is 19.1 Å². The van der Waals surface area contributed by atoms with Crippen LogP contribution in [0.3, 0.4) is 0 Å².